The maximum absolute atomic E-state index is 13.0. The van der Waals surface area contributed by atoms with Gasteiger partial charge in [0, 0.05) is 6.61 Å². The molecule has 0 amide bonds. The van der Waals surface area contributed by atoms with E-state index in [-0.39, 0.29) is 5.16 Å². The molecule has 150 valence electrons. The minimum absolute atomic E-state index is 0.107. The third-order valence-electron chi connectivity index (χ3n) is 5.86. The Morgan fingerprint density at radius 2 is 1.16 bits per heavy atom. The van der Waals surface area contributed by atoms with Gasteiger partial charge >= 0.3 is 7.80 Å². The highest BCUT2D eigenvalue weighted by Gasteiger charge is 2.43. The number of hydrogen-bond donors (Lipinski definition) is 1. The van der Waals surface area contributed by atoms with Crippen molar-refractivity contribution < 1.29 is 9.67 Å². The molecule has 0 saturated carbocycles. The maximum atomic E-state index is 13.0. The van der Waals surface area contributed by atoms with E-state index in [4.69, 9.17) is 5.11 Å². The van der Waals surface area contributed by atoms with E-state index >= 15 is 0 Å². The van der Waals surface area contributed by atoms with Crippen molar-refractivity contribution in [2.24, 2.45) is 0 Å². The molecule has 3 heteroatoms. The fourth-order valence-electron chi connectivity index (χ4n) is 3.80. The normalized spacial score (nSPS) is 12.6. The summed E-state index contributed by atoms with van der Waals surface area (Å²) in [6.07, 6.45) is 20.4. The lowest BCUT2D eigenvalue weighted by atomic mass is 9.94. The molecule has 2 nitrogen and oxygen atoms in total. The average molecular weight is 374 g/mol. The predicted octanol–water partition coefficient (Wildman–Crippen LogP) is 7.85. The SMILES string of the molecule is CCCCCCCCCC(CC)(CC)[P+](=O)CCCCCCCCO. The molecule has 0 spiro atoms. The van der Waals surface area contributed by atoms with Crippen LogP contribution in [0, 0.1) is 0 Å². The Bertz CT molecular complexity index is 300. The van der Waals surface area contributed by atoms with Gasteiger partial charge in [0.05, 0.1) is 0 Å². The molecule has 0 radical (unpaired) electrons. The Balaban J connectivity index is 3.98. The van der Waals surface area contributed by atoms with E-state index in [0.29, 0.717) is 6.61 Å². The molecule has 0 bridgehead atoms. The summed E-state index contributed by atoms with van der Waals surface area (Å²) in [5.41, 5.74) is 0. The highest BCUT2D eigenvalue weighted by atomic mass is 31.1. The van der Waals surface area contributed by atoms with Crippen LogP contribution in [0.15, 0.2) is 0 Å². The van der Waals surface area contributed by atoms with Gasteiger partial charge in [-0.25, -0.2) is 0 Å². The van der Waals surface area contributed by atoms with Crippen LogP contribution < -0.4 is 0 Å². The lowest BCUT2D eigenvalue weighted by molar-refractivity contribution is 0.282. The Kier molecular flexibility index (Phi) is 17.5. The summed E-state index contributed by atoms with van der Waals surface area (Å²) in [4.78, 5) is 0. The second kappa shape index (κ2) is 17.5. The van der Waals surface area contributed by atoms with Crippen LogP contribution in [0.25, 0.3) is 0 Å². The topological polar surface area (TPSA) is 37.3 Å². The zero-order valence-electron chi connectivity index (χ0n) is 17.5. The first-order valence-corrected chi connectivity index (χ1v) is 12.7. The van der Waals surface area contributed by atoms with Crippen molar-refractivity contribution >= 4 is 7.80 Å². The molecule has 1 atom stereocenters. The van der Waals surface area contributed by atoms with Crippen molar-refractivity contribution in [2.75, 3.05) is 12.8 Å². The van der Waals surface area contributed by atoms with Gasteiger partial charge in [-0.2, -0.15) is 0 Å². The minimum Gasteiger partial charge on any atom is -0.396 e. The van der Waals surface area contributed by atoms with E-state index in [0.717, 1.165) is 38.3 Å². The van der Waals surface area contributed by atoms with Gasteiger partial charge in [-0.05, 0) is 44.9 Å². The molecule has 0 saturated heterocycles. The zero-order chi connectivity index (χ0) is 18.8. The molecule has 0 aliphatic rings. The standard InChI is InChI=1S/C22H46O2P/c1-4-7-8-9-10-13-16-19-22(5-2,6-3)25(24)21-18-15-12-11-14-17-20-23/h23H,4-21H2,1-3H3/q+1. The molecule has 0 aromatic carbocycles. The van der Waals surface area contributed by atoms with Gasteiger partial charge in [-0.15, -0.1) is 0 Å². The van der Waals surface area contributed by atoms with Crippen molar-refractivity contribution in [1.29, 1.82) is 0 Å². The number of aliphatic hydroxyl groups is 1. The van der Waals surface area contributed by atoms with Crippen molar-refractivity contribution in [1.82, 2.24) is 0 Å². The van der Waals surface area contributed by atoms with Gasteiger partial charge in [-0.1, -0.05) is 83.1 Å². The molecule has 0 aromatic heterocycles. The van der Waals surface area contributed by atoms with E-state index in [1.807, 2.05) is 0 Å². The van der Waals surface area contributed by atoms with Crippen LogP contribution in [-0.4, -0.2) is 23.0 Å². The second-order valence-electron chi connectivity index (χ2n) is 7.75. The van der Waals surface area contributed by atoms with Crippen molar-refractivity contribution in [3.8, 4) is 0 Å². The van der Waals surface area contributed by atoms with Crippen LogP contribution in [0.3, 0.4) is 0 Å². The maximum Gasteiger partial charge on any atom is 0.344 e. The van der Waals surface area contributed by atoms with E-state index in [2.05, 4.69) is 20.8 Å². The molecule has 1 unspecified atom stereocenters. The van der Waals surface area contributed by atoms with Gasteiger partial charge in [0.1, 0.15) is 6.16 Å². The third-order valence-corrected chi connectivity index (χ3v) is 8.50. The second-order valence-corrected chi connectivity index (χ2v) is 9.90. The van der Waals surface area contributed by atoms with Crippen LogP contribution in [0.5, 0.6) is 0 Å². The Labute approximate surface area is 159 Å². The summed E-state index contributed by atoms with van der Waals surface area (Å²) in [7, 11) is -1.08. The molecule has 0 aliphatic heterocycles. The summed E-state index contributed by atoms with van der Waals surface area (Å²) in [5.74, 6) is 0. The lowest BCUT2D eigenvalue weighted by Gasteiger charge is -2.21. The van der Waals surface area contributed by atoms with Crippen LogP contribution in [0.4, 0.5) is 0 Å². The van der Waals surface area contributed by atoms with E-state index < -0.39 is 7.80 Å². The Morgan fingerprint density at radius 3 is 1.68 bits per heavy atom. The highest BCUT2D eigenvalue weighted by Crippen LogP contribution is 2.48. The van der Waals surface area contributed by atoms with Crippen molar-refractivity contribution in [3.05, 3.63) is 0 Å². The van der Waals surface area contributed by atoms with Gasteiger partial charge in [0.2, 0.25) is 0 Å². The highest BCUT2D eigenvalue weighted by molar-refractivity contribution is 7.46. The fraction of sp³-hybridized carbons (Fsp3) is 1.00. The molecule has 0 aromatic rings. The summed E-state index contributed by atoms with van der Waals surface area (Å²) >= 11 is 0. The molecule has 0 rings (SSSR count). The first-order chi connectivity index (χ1) is 12.2. The lowest BCUT2D eigenvalue weighted by Crippen LogP contribution is -2.23. The Morgan fingerprint density at radius 1 is 0.680 bits per heavy atom. The van der Waals surface area contributed by atoms with Gasteiger partial charge in [0.25, 0.3) is 0 Å². The van der Waals surface area contributed by atoms with Crippen LogP contribution >= 0.6 is 7.80 Å². The number of rotatable bonds is 19. The van der Waals surface area contributed by atoms with Gasteiger partial charge in [-0.3, -0.25) is 0 Å². The number of aliphatic hydroxyl groups excluding tert-OH is 1. The van der Waals surface area contributed by atoms with Crippen molar-refractivity contribution in [2.45, 2.75) is 129 Å². The minimum atomic E-state index is -1.08. The zero-order valence-corrected chi connectivity index (χ0v) is 18.4. The molecule has 25 heavy (non-hydrogen) atoms. The number of unbranched alkanes of at least 4 members (excludes halogenated alkanes) is 11. The summed E-state index contributed by atoms with van der Waals surface area (Å²) < 4.78 is 13.0. The first kappa shape index (κ1) is 25.1. The summed E-state index contributed by atoms with van der Waals surface area (Å²) in [5, 5.41) is 8.90. The number of hydrogen-bond acceptors (Lipinski definition) is 2. The molecule has 0 aliphatic carbocycles. The fourth-order valence-corrected chi connectivity index (χ4v) is 5.90. The largest absolute Gasteiger partial charge is 0.396 e. The van der Waals surface area contributed by atoms with Gasteiger partial charge in [0.15, 0.2) is 5.16 Å². The third kappa shape index (κ3) is 12.1. The smallest absolute Gasteiger partial charge is 0.344 e. The molecule has 0 fully saturated rings. The monoisotopic (exact) mass is 373 g/mol. The first-order valence-electron chi connectivity index (χ1n) is 11.2. The summed E-state index contributed by atoms with van der Waals surface area (Å²) in [6, 6.07) is 0. The van der Waals surface area contributed by atoms with Crippen LogP contribution in [-0.2, 0) is 4.57 Å². The van der Waals surface area contributed by atoms with Crippen LogP contribution in [0.2, 0.25) is 0 Å². The molecule has 0 heterocycles. The van der Waals surface area contributed by atoms with E-state index in [1.54, 1.807) is 0 Å². The molecule has 1 N–H and O–H groups in total. The van der Waals surface area contributed by atoms with E-state index in [9.17, 15) is 4.57 Å². The van der Waals surface area contributed by atoms with Crippen LogP contribution in [0.1, 0.15) is 124 Å². The van der Waals surface area contributed by atoms with E-state index in [1.165, 1.54) is 70.6 Å². The predicted molar refractivity (Wildman–Crippen MR) is 113 cm³/mol. The molecular formula is C22H46O2P+. The quantitative estimate of drug-likeness (QED) is 0.185. The Hall–Kier alpha value is 0.0600. The van der Waals surface area contributed by atoms with Crippen molar-refractivity contribution in [3.63, 3.8) is 0 Å². The van der Waals surface area contributed by atoms with Gasteiger partial charge < -0.3 is 5.11 Å². The summed E-state index contributed by atoms with van der Waals surface area (Å²) in [6.45, 7) is 7.07. The molecular weight excluding hydrogens is 327 g/mol. The average Bonchev–Trinajstić information content (AvgIpc) is 2.63.